The molecule has 1 amide bonds. The second kappa shape index (κ2) is 8.60. The first-order valence-electron chi connectivity index (χ1n) is 7.75. The predicted octanol–water partition coefficient (Wildman–Crippen LogP) is 2.41. The highest BCUT2D eigenvalue weighted by molar-refractivity contribution is 9.10. The summed E-state index contributed by atoms with van der Waals surface area (Å²) in [6, 6.07) is 5.47. The summed E-state index contributed by atoms with van der Waals surface area (Å²) in [4.78, 5) is 13.9. The fourth-order valence-corrected chi connectivity index (χ4v) is 3.25. The molecular weight excluding hydrogens is 349 g/mol. The molecule has 1 unspecified atom stereocenters. The summed E-state index contributed by atoms with van der Waals surface area (Å²) < 4.78 is 13.8. The molecule has 1 atom stereocenters. The van der Waals surface area contributed by atoms with E-state index in [-0.39, 0.29) is 11.7 Å². The molecule has 0 radical (unpaired) electrons. The summed E-state index contributed by atoms with van der Waals surface area (Å²) in [7, 11) is 0. The summed E-state index contributed by atoms with van der Waals surface area (Å²) in [5, 5.41) is 2.96. The van der Waals surface area contributed by atoms with Gasteiger partial charge in [0.25, 0.3) is 0 Å². The molecule has 6 heteroatoms. The van der Waals surface area contributed by atoms with Gasteiger partial charge >= 0.3 is 0 Å². The average Bonchev–Trinajstić information content (AvgIpc) is 2.50. The van der Waals surface area contributed by atoms with Gasteiger partial charge in [0.1, 0.15) is 5.82 Å². The maximum absolute atomic E-state index is 13.3. The molecule has 22 heavy (non-hydrogen) atoms. The highest BCUT2D eigenvalue weighted by Crippen LogP contribution is 2.22. The monoisotopic (exact) mass is 371 g/mol. The van der Waals surface area contributed by atoms with E-state index in [1.807, 2.05) is 12.1 Å². The van der Waals surface area contributed by atoms with E-state index < -0.39 is 0 Å². The second-order valence-corrected chi connectivity index (χ2v) is 6.57. The van der Waals surface area contributed by atoms with Crippen LogP contribution in [0.1, 0.15) is 31.2 Å². The Bertz CT molecular complexity index is 512. The van der Waals surface area contributed by atoms with Gasteiger partial charge < -0.3 is 11.1 Å². The van der Waals surface area contributed by atoms with Crippen molar-refractivity contribution in [2.24, 2.45) is 5.73 Å². The number of halogens is 2. The Kier molecular flexibility index (Phi) is 6.79. The number of nitrogens with two attached hydrogens (primary N) is 1. The van der Waals surface area contributed by atoms with Gasteiger partial charge in [-0.25, -0.2) is 4.39 Å². The number of rotatable bonds is 6. The molecular formula is C16H23BrFN3O. The van der Waals surface area contributed by atoms with Gasteiger partial charge in [-0.1, -0.05) is 12.5 Å². The lowest BCUT2D eigenvalue weighted by Gasteiger charge is -2.36. The van der Waals surface area contributed by atoms with Crippen molar-refractivity contribution in [3.63, 3.8) is 0 Å². The van der Waals surface area contributed by atoms with E-state index in [1.54, 1.807) is 0 Å². The SMILES string of the molecule is NCCC(=O)NCC1CCCCN1Cc1ccc(F)c(Br)c1. The van der Waals surface area contributed by atoms with E-state index in [1.165, 1.54) is 12.5 Å². The van der Waals surface area contributed by atoms with Gasteiger partial charge in [0, 0.05) is 32.1 Å². The van der Waals surface area contributed by atoms with Crippen molar-refractivity contribution in [3.8, 4) is 0 Å². The number of carbonyl (C=O) groups is 1. The molecule has 0 aliphatic carbocycles. The van der Waals surface area contributed by atoms with E-state index >= 15 is 0 Å². The van der Waals surface area contributed by atoms with Crippen LogP contribution in [-0.4, -0.2) is 36.5 Å². The van der Waals surface area contributed by atoms with Crippen molar-refractivity contribution >= 4 is 21.8 Å². The fourth-order valence-electron chi connectivity index (χ4n) is 2.82. The molecule has 0 spiro atoms. The number of likely N-dealkylation sites (tertiary alicyclic amines) is 1. The van der Waals surface area contributed by atoms with Crippen molar-refractivity contribution < 1.29 is 9.18 Å². The van der Waals surface area contributed by atoms with Crippen LogP contribution in [-0.2, 0) is 11.3 Å². The molecule has 2 rings (SSSR count). The van der Waals surface area contributed by atoms with E-state index in [0.29, 0.717) is 30.0 Å². The Labute approximate surface area is 139 Å². The Morgan fingerprint density at radius 3 is 3.00 bits per heavy atom. The Morgan fingerprint density at radius 1 is 1.45 bits per heavy atom. The van der Waals surface area contributed by atoms with Gasteiger partial charge in [0.15, 0.2) is 0 Å². The number of amides is 1. The van der Waals surface area contributed by atoms with Crippen LogP contribution in [0.25, 0.3) is 0 Å². The number of nitrogens with one attached hydrogen (secondary N) is 1. The molecule has 122 valence electrons. The minimum absolute atomic E-state index is 0.0116. The van der Waals surface area contributed by atoms with Crippen LogP contribution in [0.4, 0.5) is 4.39 Å². The first-order valence-corrected chi connectivity index (χ1v) is 8.54. The molecule has 4 nitrogen and oxygen atoms in total. The third-order valence-electron chi connectivity index (χ3n) is 4.03. The van der Waals surface area contributed by atoms with Crippen LogP contribution < -0.4 is 11.1 Å². The topological polar surface area (TPSA) is 58.4 Å². The lowest BCUT2D eigenvalue weighted by Crippen LogP contribution is -2.46. The van der Waals surface area contributed by atoms with E-state index in [2.05, 4.69) is 26.1 Å². The molecule has 1 fully saturated rings. The van der Waals surface area contributed by atoms with Crippen LogP contribution in [0.15, 0.2) is 22.7 Å². The standard InChI is InChI=1S/C16H23BrFN3O/c17-14-9-12(4-5-15(14)18)11-21-8-2-1-3-13(21)10-20-16(22)6-7-19/h4-5,9,13H,1-3,6-8,10-11,19H2,(H,20,22). The molecule has 1 aliphatic heterocycles. The zero-order valence-corrected chi connectivity index (χ0v) is 14.2. The normalized spacial score (nSPS) is 19.1. The van der Waals surface area contributed by atoms with Crippen molar-refractivity contribution in [2.45, 2.75) is 38.3 Å². The Hall–Kier alpha value is -0.980. The quantitative estimate of drug-likeness (QED) is 0.806. The van der Waals surface area contributed by atoms with Gasteiger partial charge in [0.05, 0.1) is 4.47 Å². The third kappa shape index (κ3) is 5.04. The summed E-state index contributed by atoms with van der Waals surface area (Å²) in [6.07, 6.45) is 3.79. The first kappa shape index (κ1) is 17.4. The molecule has 1 heterocycles. The molecule has 3 N–H and O–H groups in total. The molecule has 0 saturated carbocycles. The second-order valence-electron chi connectivity index (χ2n) is 5.71. The third-order valence-corrected chi connectivity index (χ3v) is 4.63. The maximum Gasteiger partial charge on any atom is 0.221 e. The minimum Gasteiger partial charge on any atom is -0.354 e. The number of hydrogen-bond acceptors (Lipinski definition) is 3. The molecule has 1 aliphatic rings. The van der Waals surface area contributed by atoms with Crippen molar-refractivity contribution in [2.75, 3.05) is 19.6 Å². The van der Waals surface area contributed by atoms with E-state index in [0.717, 1.165) is 31.5 Å². The van der Waals surface area contributed by atoms with Gasteiger partial charge in [-0.15, -0.1) is 0 Å². The van der Waals surface area contributed by atoms with Gasteiger partial charge in [-0.3, -0.25) is 9.69 Å². The molecule has 1 aromatic rings. The number of benzene rings is 1. The van der Waals surface area contributed by atoms with Crippen molar-refractivity contribution in [3.05, 3.63) is 34.1 Å². The van der Waals surface area contributed by atoms with Crippen LogP contribution in [0, 0.1) is 5.82 Å². The number of nitrogens with zero attached hydrogens (tertiary/aromatic N) is 1. The van der Waals surface area contributed by atoms with Crippen LogP contribution in [0.5, 0.6) is 0 Å². The predicted molar refractivity (Wildman–Crippen MR) is 88.8 cm³/mol. The van der Waals surface area contributed by atoms with E-state index in [9.17, 15) is 9.18 Å². The van der Waals surface area contributed by atoms with Gasteiger partial charge in [-0.2, -0.15) is 0 Å². The lowest BCUT2D eigenvalue weighted by molar-refractivity contribution is -0.121. The van der Waals surface area contributed by atoms with Crippen LogP contribution >= 0.6 is 15.9 Å². The van der Waals surface area contributed by atoms with Crippen molar-refractivity contribution in [1.29, 1.82) is 0 Å². The molecule has 1 aromatic carbocycles. The molecule has 0 bridgehead atoms. The van der Waals surface area contributed by atoms with Crippen LogP contribution in [0.3, 0.4) is 0 Å². The number of carbonyl (C=O) groups excluding carboxylic acids is 1. The Morgan fingerprint density at radius 2 is 2.27 bits per heavy atom. The van der Waals surface area contributed by atoms with Crippen LogP contribution in [0.2, 0.25) is 0 Å². The fraction of sp³-hybridized carbons (Fsp3) is 0.562. The maximum atomic E-state index is 13.3. The zero-order valence-electron chi connectivity index (χ0n) is 12.7. The summed E-state index contributed by atoms with van der Waals surface area (Å²) in [5.41, 5.74) is 6.46. The average molecular weight is 372 g/mol. The zero-order chi connectivity index (χ0) is 15.9. The van der Waals surface area contributed by atoms with Gasteiger partial charge in [-0.05, 0) is 53.0 Å². The highest BCUT2D eigenvalue weighted by Gasteiger charge is 2.23. The summed E-state index contributed by atoms with van der Waals surface area (Å²) in [5.74, 6) is -0.231. The van der Waals surface area contributed by atoms with Gasteiger partial charge in [0.2, 0.25) is 5.91 Å². The number of hydrogen-bond donors (Lipinski definition) is 2. The largest absolute Gasteiger partial charge is 0.354 e. The smallest absolute Gasteiger partial charge is 0.221 e. The van der Waals surface area contributed by atoms with Crippen molar-refractivity contribution in [1.82, 2.24) is 10.2 Å². The Balaban J connectivity index is 1.94. The summed E-state index contributed by atoms with van der Waals surface area (Å²) in [6.45, 7) is 2.81. The molecule has 0 aromatic heterocycles. The summed E-state index contributed by atoms with van der Waals surface area (Å²) >= 11 is 3.23. The van der Waals surface area contributed by atoms with E-state index in [4.69, 9.17) is 5.73 Å². The first-order chi connectivity index (χ1) is 10.6. The lowest BCUT2D eigenvalue weighted by atomic mass is 10.0. The number of piperidine rings is 1. The minimum atomic E-state index is -0.243. The molecule has 1 saturated heterocycles. The highest BCUT2D eigenvalue weighted by atomic mass is 79.9.